The monoisotopic (exact) mass is 543 g/mol. The van der Waals surface area contributed by atoms with Crippen LogP contribution in [0.5, 0.6) is 0 Å². The molecule has 0 amide bonds. The lowest BCUT2D eigenvalue weighted by atomic mass is 9.89. The van der Waals surface area contributed by atoms with Gasteiger partial charge in [0.25, 0.3) is 3.70 Å². The van der Waals surface area contributed by atoms with E-state index in [9.17, 15) is 0 Å². The summed E-state index contributed by atoms with van der Waals surface area (Å²) in [4.78, 5) is 9.73. The molecule has 0 spiro atoms. The number of hydrogen-bond acceptors (Lipinski definition) is 3. The number of benzene rings is 3. The summed E-state index contributed by atoms with van der Waals surface area (Å²) in [5.74, 6) is 1.22. The maximum atomic E-state index is 4.96. The Bertz CT molecular complexity index is 1520. The second kappa shape index (κ2) is 8.26. The highest BCUT2D eigenvalue weighted by Gasteiger charge is 2.16. The summed E-state index contributed by atoms with van der Waals surface area (Å²) >= 11 is 3.79. The minimum absolute atomic E-state index is 0.429. The van der Waals surface area contributed by atoms with E-state index in [0.717, 1.165) is 27.2 Å². The predicted octanol–water partition coefficient (Wildman–Crippen LogP) is 4.09. The number of rotatable bonds is 3. The van der Waals surface area contributed by atoms with Crippen molar-refractivity contribution in [2.75, 3.05) is 0 Å². The fourth-order valence-electron chi connectivity index (χ4n) is 4.32. The molecule has 0 N–H and O–H groups in total. The van der Waals surface area contributed by atoms with Gasteiger partial charge in [0.05, 0.1) is 5.69 Å². The van der Waals surface area contributed by atoms with Gasteiger partial charge in [-0.2, -0.15) is 4.98 Å². The van der Waals surface area contributed by atoms with Crippen molar-refractivity contribution in [2.45, 2.75) is 12.3 Å². The molecule has 1 unspecified atom stereocenters. The third-order valence-corrected chi connectivity index (χ3v) is 7.69. The summed E-state index contributed by atoms with van der Waals surface area (Å²) in [5.41, 5.74) is 4.59. The van der Waals surface area contributed by atoms with Gasteiger partial charge in [-0.05, 0) is 29.7 Å². The Balaban J connectivity index is 1.35. The molecule has 0 bridgehead atoms. The number of allylic oxidation sites excluding steroid dienone is 4. The fraction of sp³-hybridized carbons (Fsp3) is 0.0714. The molecule has 2 heterocycles. The molecule has 0 aliphatic heterocycles. The first-order valence-electron chi connectivity index (χ1n) is 10.7. The van der Waals surface area contributed by atoms with Crippen LogP contribution in [0.25, 0.3) is 37.1 Å². The second-order valence-electron chi connectivity index (χ2n) is 8.00. The van der Waals surface area contributed by atoms with Crippen LogP contribution in [0.1, 0.15) is 23.6 Å². The quantitative estimate of drug-likeness (QED) is 0.253. The number of nitrogens with zero attached hydrogens (tertiary/aromatic N) is 2. The SMILES string of the molecule is [IH+]c1cc(C2=CCC(c3ccccc3)C=C2)nc(-c2ccc3c(c2)sc2ccccc23)n1. The van der Waals surface area contributed by atoms with Crippen LogP contribution in [0.2, 0.25) is 0 Å². The lowest BCUT2D eigenvalue weighted by molar-refractivity contribution is -0.337. The summed E-state index contributed by atoms with van der Waals surface area (Å²) < 4.78 is 3.59. The van der Waals surface area contributed by atoms with Crippen LogP contribution in [-0.2, 0) is 0 Å². The third-order valence-electron chi connectivity index (χ3n) is 5.96. The Morgan fingerprint density at radius 1 is 0.812 bits per heavy atom. The Morgan fingerprint density at radius 2 is 1.62 bits per heavy atom. The first-order valence-corrected chi connectivity index (χ1v) is 12.6. The summed E-state index contributed by atoms with van der Waals surface area (Å²) in [6, 6.07) is 27.9. The molecule has 154 valence electrons. The first kappa shape index (κ1) is 19.8. The van der Waals surface area contributed by atoms with E-state index in [-0.39, 0.29) is 0 Å². The topological polar surface area (TPSA) is 25.8 Å². The van der Waals surface area contributed by atoms with E-state index >= 15 is 0 Å². The smallest absolute Gasteiger partial charge is 0.228 e. The predicted molar refractivity (Wildman–Crippen MR) is 131 cm³/mol. The zero-order valence-corrected chi connectivity index (χ0v) is 20.4. The summed E-state index contributed by atoms with van der Waals surface area (Å²) in [6.45, 7) is 0. The average molecular weight is 543 g/mol. The van der Waals surface area contributed by atoms with E-state index in [1.165, 1.54) is 31.3 Å². The zero-order valence-electron chi connectivity index (χ0n) is 17.2. The molecular weight excluding hydrogens is 523 g/mol. The van der Waals surface area contributed by atoms with Crippen molar-refractivity contribution in [1.82, 2.24) is 9.97 Å². The van der Waals surface area contributed by atoms with Crippen LogP contribution in [-0.4, -0.2) is 9.97 Å². The van der Waals surface area contributed by atoms with E-state index in [1.807, 2.05) is 33.9 Å². The van der Waals surface area contributed by atoms with Gasteiger partial charge in [0, 0.05) is 37.7 Å². The van der Waals surface area contributed by atoms with Gasteiger partial charge >= 0.3 is 22.6 Å². The first-order chi connectivity index (χ1) is 15.7. The van der Waals surface area contributed by atoms with E-state index < -0.39 is 0 Å². The van der Waals surface area contributed by atoms with Crippen LogP contribution in [0.4, 0.5) is 0 Å². The Hall–Kier alpha value is -2.83. The lowest BCUT2D eigenvalue weighted by Crippen LogP contribution is -3.34. The number of thiophene rings is 1. The highest BCUT2D eigenvalue weighted by Crippen LogP contribution is 2.36. The van der Waals surface area contributed by atoms with E-state index in [1.54, 1.807) is 0 Å². The molecule has 0 saturated heterocycles. The van der Waals surface area contributed by atoms with Crippen molar-refractivity contribution >= 4 is 37.1 Å². The molecule has 6 rings (SSSR count). The van der Waals surface area contributed by atoms with Crippen LogP contribution in [0, 0.1) is 3.70 Å². The molecule has 4 heteroatoms. The van der Waals surface area contributed by atoms with Crippen LogP contribution >= 0.6 is 11.3 Å². The molecule has 2 nitrogen and oxygen atoms in total. The third kappa shape index (κ3) is 3.67. The Morgan fingerprint density at radius 3 is 2.47 bits per heavy atom. The molecule has 1 atom stereocenters. The number of halogens is 1. The van der Waals surface area contributed by atoms with Gasteiger partial charge in [-0.15, -0.1) is 11.3 Å². The Labute approximate surface area is 204 Å². The van der Waals surface area contributed by atoms with Gasteiger partial charge in [-0.1, -0.05) is 78.9 Å². The molecule has 0 fully saturated rings. The van der Waals surface area contributed by atoms with Crippen molar-refractivity contribution in [1.29, 1.82) is 0 Å². The van der Waals surface area contributed by atoms with Crippen molar-refractivity contribution in [3.05, 3.63) is 112 Å². The average Bonchev–Trinajstić information content (AvgIpc) is 3.22. The zero-order chi connectivity index (χ0) is 21.5. The number of fused-ring (bicyclic) bond motifs is 3. The van der Waals surface area contributed by atoms with E-state index in [0.29, 0.717) is 5.92 Å². The molecule has 1 aliphatic rings. The molecule has 3 aromatic carbocycles. The fourth-order valence-corrected chi connectivity index (χ4v) is 6.04. The molecule has 2 aromatic heterocycles. The van der Waals surface area contributed by atoms with Gasteiger partial charge < -0.3 is 0 Å². The molecule has 0 radical (unpaired) electrons. The lowest BCUT2D eigenvalue weighted by Gasteiger charge is -2.16. The van der Waals surface area contributed by atoms with Crippen LogP contribution in [0.15, 0.2) is 97.1 Å². The molecule has 5 aromatic rings. The van der Waals surface area contributed by atoms with Crippen molar-refractivity contribution in [3.63, 3.8) is 0 Å². The number of aromatic nitrogens is 2. The maximum absolute atomic E-state index is 4.96. The largest absolute Gasteiger partial charge is 0.318 e. The summed E-state index contributed by atoms with van der Waals surface area (Å²) in [7, 11) is 0. The maximum Gasteiger partial charge on any atom is 0.318 e. The standard InChI is InChI=1S/C28H20IN2S/c29-27-17-24(20-12-10-19(11-13-20)18-6-2-1-3-7-18)30-28(31-27)21-14-15-23-22-8-4-5-9-25(22)32-26(23)16-21/h1-10,12-17,19,29H,11H2/q+1. The molecular formula is C28H20IN2S+. The van der Waals surface area contributed by atoms with E-state index in [2.05, 4.69) is 97.1 Å². The molecule has 0 saturated carbocycles. The minimum atomic E-state index is 0.429. The van der Waals surface area contributed by atoms with Gasteiger partial charge in [0.1, 0.15) is 0 Å². The highest BCUT2D eigenvalue weighted by atomic mass is 127. The summed E-state index contributed by atoms with van der Waals surface area (Å²) in [6.07, 6.45) is 7.80. The van der Waals surface area contributed by atoms with Gasteiger partial charge in [-0.25, -0.2) is 4.98 Å². The van der Waals surface area contributed by atoms with Crippen LogP contribution in [0.3, 0.4) is 0 Å². The van der Waals surface area contributed by atoms with Crippen molar-refractivity contribution < 1.29 is 22.6 Å². The van der Waals surface area contributed by atoms with Crippen molar-refractivity contribution in [3.8, 4) is 11.4 Å². The van der Waals surface area contributed by atoms with Crippen molar-refractivity contribution in [2.24, 2.45) is 0 Å². The molecule has 32 heavy (non-hydrogen) atoms. The second-order valence-corrected chi connectivity index (χ2v) is 10.3. The minimum Gasteiger partial charge on any atom is -0.228 e. The van der Waals surface area contributed by atoms with Gasteiger partial charge in [0.15, 0.2) is 5.82 Å². The number of hydrogen-bond donors (Lipinski definition) is 0. The normalized spacial score (nSPS) is 15.9. The van der Waals surface area contributed by atoms with E-state index in [4.69, 9.17) is 9.97 Å². The molecule has 1 aliphatic carbocycles. The van der Waals surface area contributed by atoms with Gasteiger partial charge in [-0.3, -0.25) is 0 Å². The van der Waals surface area contributed by atoms with Gasteiger partial charge in [0.2, 0.25) is 0 Å². The highest BCUT2D eigenvalue weighted by molar-refractivity contribution is 7.25. The summed E-state index contributed by atoms with van der Waals surface area (Å²) in [5, 5.41) is 2.61. The Kier molecular flexibility index (Phi) is 5.12. The van der Waals surface area contributed by atoms with Crippen LogP contribution < -0.4 is 22.6 Å².